The van der Waals surface area contributed by atoms with E-state index in [1.54, 1.807) is 13.0 Å². The van der Waals surface area contributed by atoms with Crippen molar-refractivity contribution in [1.82, 2.24) is 0 Å². The predicted molar refractivity (Wildman–Crippen MR) is 69.9 cm³/mol. The summed E-state index contributed by atoms with van der Waals surface area (Å²) in [6.07, 6.45) is -2.82. The first kappa shape index (κ1) is 14.0. The molecule has 0 saturated carbocycles. The summed E-state index contributed by atoms with van der Waals surface area (Å²) in [7, 11) is 0. The fourth-order valence-electron chi connectivity index (χ4n) is 1.62. The topological polar surface area (TPSA) is 25.2 Å². The Morgan fingerprint density at radius 1 is 1.26 bits per heavy atom. The number of hydrogen-bond acceptors (Lipinski definition) is 2. The molecule has 0 spiro atoms. The summed E-state index contributed by atoms with van der Waals surface area (Å²) >= 11 is 3.29. The van der Waals surface area contributed by atoms with Crippen LogP contribution in [0.25, 0.3) is 0 Å². The minimum absolute atomic E-state index is 0.315. The SMILES string of the molecule is Cc1ccc(C(F)(F)F)cc1NCc1occc1Br. The number of rotatable bonds is 3. The molecule has 0 unspecified atom stereocenters. The normalized spacial score (nSPS) is 11.6. The Balaban J connectivity index is 2.18. The molecule has 0 aliphatic heterocycles. The quantitative estimate of drug-likeness (QED) is 0.856. The van der Waals surface area contributed by atoms with Crippen molar-refractivity contribution in [3.8, 4) is 0 Å². The Morgan fingerprint density at radius 2 is 2.00 bits per heavy atom. The highest BCUT2D eigenvalue weighted by Gasteiger charge is 2.30. The van der Waals surface area contributed by atoms with Gasteiger partial charge >= 0.3 is 6.18 Å². The molecule has 0 saturated heterocycles. The van der Waals surface area contributed by atoms with Crippen molar-refractivity contribution in [3.63, 3.8) is 0 Å². The van der Waals surface area contributed by atoms with Gasteiger partial charge in [-0.2, -0.15) is 13.2 Å². The smallest absolute Gasteiger partial charge is 0.416 e. The average Bonchev–Trinajstić information content (AvgIpc) is 2.72. The van der Waals surface area contributed by atoms with E-state index in [1.807, 2.05) is 0 Å². The summed E-state index contributed by atoms with van der Waals surface area (Å²) in [6.45, 7) is 2.06. The van der Waals surface area contributed by atoms with Gasteiger partial charge in [0.15, 0.2) is 0 Å². The third-order valence-electron chi connectivity index (χ3n) is 2.70. The van der Waals surface area contributed by atoms with Gasteiger partial charge in [0.25, 0.3) is 0 Å². The van der Waals surface area contributed by atoms with Crippen molar-refractivity contribution in [2.24, 2.45) is 0 Å². The zero-order valence-electron chi connectivity index (χ0n) is 10.0. The van der Waals surface area contributed by atoms with E-state index in [-0.39, 0.29) is 0 Å². The van der Waals surface area contributed by atoms with Crippen LogP contribution in [-0.2, 0) is 12.7 Å². The van der Waals surface area contributed by atoms with Crippen molar-refractivity contribution in [2.75, 3.05) is 5.32 Å². The van der Waals surface area contributed by atoms with E-state index in [4.69, 9.17) is 4.42 Å². The van der Waals surface area contributed by atoms with Crippen LogP contribution in [0.4, 0.5) is 18.9 Å². The Bertz CT molecular complexity index is 578. The minimum atomic E-state index is -4.34. The van der Waals surface area contributed by atoms with Crippen LogP contribution in [-0.4, -0.2) is 0 Å². The molecule has 102 valence electrons. The fraction of sp³-hybridized carbons (Fsp3) is 0.231. The molecule has 2 rings (SSSR count). The summed E-state index contributed by atoms with van der Waals surface area (Å²) < 4.78 is 43.8. The van der Waals surface area contributed by atoms with Crippen LogP contribution in [0.5, 0.6) is 0 Å². The van der Waals surface area contributed by atoms with Gasteiger partial charge in [-0.1, -0.05) is 6.07 Å². The van der Waals surface area contributed by atoms with Gasteiger partial charge in [0.1, 0.15) is 5.76 Å². The second-order valence-corrected chi connectivity index (χ2v) is 4.93. The standard InChI is InChI=1S/C13H11BrF3NO/c1-8-2-3-9(13(15,16)17)6-11(8)18-7-12-10(14)4-5-19-12/h2-6,18H,7H2,1H3. The van der Waals surface area contributed by atoms with Crippen LogP contribution in [0.2, 0.25) is 0 Å². The molecule has 0 bridgehead atoms. The van der Waals surface area contributed by atoms with Gasteiger partial charge in [-0.15, -0.1) is 0 Å². The first-order valence-electron chi connectivity index (χ1n) is 5.51. The van der Waals surface area contributed by atoms with E-state index >= 15 is 0 Å². The third kappa shape index (κ3) is 3.32. The van der Waals surface area contributed by atoms with E-state index in [0.717, 1.165) is 22.2 Å². The van der Waals surface area contributed by atoms with Gasteiger partial charge in [-0.05, 0) is 46.6 Å². The fourth-order valence-corrected chi connectivity index (χ4v) is 1.96. The maximum atomic E-state index is 12.6. The molecule has 0 aliphatic rings. The number of halogens is 4. The molecule has 1 aromatic carbocycles. The Labute approximate surface area is 116 Å². The molecule has 2 nitrogen and oxygen atoms in total. The molecule has 0 fully saturated rings. The van der Waals surface area contributed by atoms with E-state index in [0.29, 0.717) is 18.0 Å². The lowest BCUT2D eigenvalue weighted by molar-refractivity contribution is -0.137. The molecule has 19 heavy (non-hydrogen) atoms. The van der Waals surface area contributed by atoms with E-state index in [1.165, 1.54) is 12.3 Å². The van der Waals surface area contributed by atoms with Crippen LogP contribution in [0.1, 0.15) is 16.9 Å². The highest BCUT2D eigenvalue weighted by atomic mass is 79.9. The lowest BCUT2D eigenvalue weighted by atomic mass is 10.1. The molecule has 6 heteroatoms. The van der Waals surface area contributed by atoms with Crippen LogP contribution >= 0.6 is 15.9 Å². The minimum Gasteiger partial charge on any atom is -0.466 e. The summed E-state index contributed by atoms with van der Waals surface area (Å²) in [6, 6.07) is 5.36. The van der Waals surface area contributed by atoms with Gasteiger partial charge < -0.3 is 9.73 Å². The number of hydrogen-bond donors (Lipinski definition) is 1. The van der Waals surface area contributed by atoms with Crippen molar-refractivity contribution in [1.29, 1.82) is 0 Å². The average molecular weight is 334 g/mol. The molecule has 0 aliphatic carbocycles. The van der Waals surface area contributed by atoms with Gasteiger partial charge in [0.05, 0.1) is 22.8 Å². The molecule has 1 heterocycles. The van der Waals surface area contributed by atoms with Crippen LogP contribution < -0.4 is 5.32 Å². The number of furan rings is 1. The monoisotopic (exact) mass is 333 g/mol. The van der Waals surface area contributed by atoms with Gasteiger partial charge in [0, 0.05) is 5.69 Å². The van der Waals surface area contributed by atoms with E-state index in [9.17, 15) is 13.2 Å². The number of anilines is 1. The van der Waals surface area contributed by atoms with E-state index in [2.05, 4.69) is 21.2 Å². The number of nitrogens with one attached hydrogen (secondary N) is 1. The first-order valence-corrected chi connectivity index (χ1v) is 6.31. The molecular weight excluding hydrogens is 323 g/mol. The number of benzene rings is 1. The predicted octanol–water partition coefficient (Wildman–Crippen LogP) is 4.98. The molecule has 0 amide bonds. The van der Waals surface area contributed by atoms with Gasteiger partial charge in [-0.25, -0.2) is 0 Å². The third-order valence-corrected chi connectivity index (χ3v) is 3.40. The molecule has 0 radical (unpaired) electrons. The lowest BCUT2D eigenvalue weighted by Crippen LogP contribution is -2.07. The van der Waals surface area contributed by atoms with Crippen molar-refractivity contribution in [2.45, 2.75) is 19.6 Å². The van der Waals surface area contributed by atoms with Crippen molar-refractivity contribution in [3.05, 3.63) is 51.9 Å². The second-order valence-electron chi connectivity index (χ2n) is 4.07. The number of alkyl halides is 3. The van der Waals surface area contributed by atoms with Crippen molar-refractivity contribution >= 4 is 21.6 Å². The summed E-state index contributed by atoms with van der Waals surface area (Å²) in [5, 5.41) is 2.94. The second kappa shape index (κ2) is 5.28. The Morgan fingerprint density at radius 3 is 2.58 bits per heavy atom. The maximum Gasteiger partial charge on any atom is 0.416 e. The van der Waals surface area contributed by atoms with E-state index < -0.39 is 11.7 Å². The number of aryl methyl sites for hydroxylation is 1. The Hall–Kier alpha value is -1.43. The van der Waals surface area contributed by atoms with Gasteiger partial charge in [0.2, 0.25) is 0 Å². The lowest BCUT2D eigenvalue weighted by Gasteiger charge is -2.12. The molecule has 2 aromatic rings. The molecular formula is C13H11BrF3NO. The summed E-state index contributed by atoms with van der Waals surface area (Å²) in [4.78, 5) is 0. The van der Waals surface area contributed by atoms with Crippen LogP contribution in [0.15, 0.2) is 39.4 Å². The summed E-state index contributed by atoms with van der Waals surface area (Å²) in [5.41, 5.74) is 0.521. The van der Waals surface area contributed by atoms with Crippen LogP contribution in [0.3, 0.4) is 0 Å². The zero-order valence-corrected chi connectivity index (χ0v) is 11.6. The van der Waals surface area contributed by atoms with Gasteiger partial charge in [-0.3, -0.25) is 0 Å². The highest BCUT2D eigenvalue weighted by Crippen LogP contribution is 2.32. The van der Waals surface area contributed by atoms with Crippen LogP contribution in [0, 0.1) is 6.92 Å². The Kier molecular flexibility index (Phi) is 3.89. The summed E-state index contributed by atoms with van der Waals surface area (Å²) in [5.74, 6) is 0.636. The zero-order chi connectivity index (χ0) is 14.0. The maximum absolute atomic E-state index is 12.6. The van der Waals surface area contributed by atoms with Crippen molar-refractivity contribution < 1.29 is 17.6 Å². The molecule has 1 N–H and O–H groups in total. The first-order chi connectivity index (χ1) is 8.88. The largest absolute Gasteiger partial charge is 0.466 e. The molecule has 1 aromatic heterocycles. The molecule has 0 atom stereocenters. The highest BCUT2D eigenvalue weighted by molar-refractivity contribution is 9.10.